The van der Waals surface area contributed by atoms with Crippen molar-refractivity contribution in [3.05, 3.63) is 18.0 Å². The quantitative estimate of drug-likeness (QED) is 0.715. The second-order valence-electron chi connectivity index (χ2n) is 3.10. The third-order valence-corrected chi connectivity index (χ3v) is 2.04. The van der Waals surface area contributed by atoms with Gasteiger partial charge in [-0.2, -0.15) is 5.26 Å². The maximum atomic E-state index is 8.53. The lowest BCUT2D eigenvalue weighted by atomic mass is 10.3. The van der Waals surface area contributed by atoms with Crippen LogP contribution >= 0.6 is 0 Å². The van der Waals surface area contributed by atoms with E-state index in [4.69, 9.17) is 10.00 Å². The van der Waals surface area contributed by atoms with E-state index in [0.717, 1.165) is 19.5 Å². The van der Waals surface area contributed by atoms with E-state index in [1.807, 2.05) is 6.07 Å². The minimum absolute atomic E-state index is 0.155. The van der Waals surface area contributed by atoms with Crippen LogP contribution in [0, 0.1) is 11.3 Å². The summed E-state index contributed by atoms with van der Waals surface area (Å²) in [4.78, 5) is 7.86. The molecule has 0 spiro atoms. The van der Waals surface area contributed by atoms with E-state index < -0.39 is 0 Å². The van der Waals surface area contributed by atoms with Gasteiger partial charge < -0.3 is 10.1 Å². The first kappa shape index (κ1) is 8.91. The number of nitrogens with one attached hydrogen (secondary N) is 1. The fourth-order valence-electron chi connectivity index (χ4n) is 1.31. The van der Waals surface area contributed by atoms with E-state index in [2.05, 4.69) is 15.3 Å². The molecule has 2 rings (SSSR count). The van der Waals surface area contributed by atoms with Gasteiger partial charge in [0.15, 0.2) is 0 Å². The molecule has 5 heteroatoms. The molecule has 0 radical (unpaired) electrons. The molecule has 1 fully saturated rings. The van der Waals surface area contributed by atoms with Gasteiger partial charge in [-0.3, -0.25) is 0 Å². The number of hydrogen-bond donors (Lipinski definition) is 1. The molecule has 1 N–H and O–H groups in total. The number of aromatic nitrogens is 2. The van der Waals surface area contributed by atoms with E-state index in [-0.39, 0.29) is 6.10 Å². The molecule has 14 heavy (non-hydrogen) atoms. The van der Waals surface area contributed by atoms with Gasteiger partial charge in [-0.15, -0.1) is 0 Å². The molecule has 0 bridgehead atoms. The summed E-state index contributed by atoms with van der Waals surface area (Å²) in [6, 6.07) is 2.30. The lowest BCUT2D eigenvalue weighted by Crippen LogP contribution is -2.20. The van der Waals surface area contributed by atoms with Gasteiger partial charge in [0.05, 0.1) is 18.0 Å². The smallest absolute Gasteiger partial charge is 0.316 e. The van der Waals surface area contributed by atoms with Crippen molar-refractivity contribution >= 4 is 0 Å². The average molecular weight is 190 g/mol. The number of ether oxygens (including phenoxy) is 1. The molecular weight excluding hydrogens is 180 g/mol. The lowest BCUT2D eigenvalue weighted by molar-refractivity contribution is 0.204. The first-order valence-corrected chi connectivity index (χ1v) is 4.48. The third kappa shape index (κ3) is 1.98. The Morgan fingerprint density at radius 1 is 1.50 bits per heavy atom. The van der Waals surface area contributed by atoms with Gasteiger partial charge in [-0.05, 0) is 13.0 Å². The molecule has 0 saturated carbocycles. The van der Waals surface area contributed by atoms with Gasteiger partial charge in [0, 0.05) is 6.54 Å². The molecule has 1 aromatic rings. The highest BCUT2D eigenvalue weighted by Gasteiger charge is 2.16. The number of nitriles is 1. The topological polar surface area (TPSA) is 70.8 Å². The summed E-state index contributed by atoms with van der Waals surface area (Å²) in [5, 5.41) is 11.7. The fourth-order valence-corrected chi connectivity index (χ4v) is 1.31. The summed E-state index contributed by atoms with van der Waals surface area (Å²) in [7, 11) is 0. The molecule has 0 amide bonds. The zero-order chi connectivity index (χ0) is 9.80. The molecule has 0 aromatic carbocycles. The van der Waals surface area contributed by atoms with Crippen molar-refractivity contribution in [2.24, 2.45) is 0 Å². The Hall–Kier alpha value is -1.67. The molecule has 0 unspecified atom stereocenters. The Kier molecular flexibility index (Phi) is 2.56. The van der Waals surface area contributed by atoms with Gasteiger partial charge in [0.2, 0.25) is 0 Å². The number of hydrogen-bond acceptors (Lipinski definition) is 5. The summed E-state index contributed by atoms with van der Waals surface area (Å²) >= 11 is 0. The van der Waals surface area contributed by atoms with Crippen molar-refractivity contribution in [1.82, 2.24) is 15.3 Å². The monoisotopic (exact) mass is 190 g/mol. The Morgan fingerprint density at radius 3 is 2.86 bits per heavy atom. The van der Waals surface area contributed by atoms with Crippen molar-refractivity contribution in [3.63, 3.8) is 0 Å². The van der Waals surface area contributed by atoms with Crippen LogP contribution in [0.25, 0.3) is 0 Å². The van der Waals surface area contributed by atoms with Crippen molar-refractivity contribution in [1.29, 1.82) is 5.26 Å². The second-order valence-corrected chi connectivity index (χ2v) is 3.10. The van der Waals surface area contributed by atoms with Crippen LogP contribution in [0.5, 0.6) is 6.01 Å². The summed E-state index contributed by atoms with van der Waals surface area (Å²) in [6.45, 7) is 1.81. The Morgan fingerprint density at radius 2 is 2.29 bits per heavy atom. The Balaban J connectivity index is 1.99. The maximum Gasteiger partial charge on any atom is 0.316 e. The lowest BCUT2D eigenvalue weighted by Gasteiger charge is -2.09. The fraction of sp³-hybridized carbons (Fsp3) is 0.444. The largest absolute Gasteiger partial charge is 0.459 e. The first-order valence-electron chi connectivity index (χ1n) is 4.48. The van der Waals surface area contributed by atoms with Gasteiger partial charge in [-0.25, -0.2) is 9.97 Å². The van der Waals surface area contributed by atoms with E-state index in [1.165, 1.54) is 12.4 Å². The average Bonchev–Trinajstić information content (AvgIpc) is 2.72. The molecule has 72 valence electrons. The molecule has 1 aliphatic rings. The highest BCUT2D eigenvalue weighted by atomic mass is 16.5. The van der Waals surface area contributed by atoms with Crippen molar-refractivity contribution in [3.8, 4) is 12.1 Å². The SMILES string of the molecule is N#Cc1cnc(O[C@@H]2CCNC2)nc1. The van der Waals surface area contributed by atoms with Crippen LogP contribution in [0.3, 0.4) is 0 Å². The van der Waals surface area contributed by atoms with Crippen LogP contribution in [0.1, 0.15) is 12.0 Å². The van der Waals surface area contributed by atoms with Crippen molar-refractivity contribution in [2.45, 2.75) is 12.5 Å². The second kappa shape index (κ2) is 4.03. The predicted molar refractivity (Wildman–Crippen MR) is 48.6 cm³/mol. The van der Waals surface area contributed by atoms with E-state index in [9.17, 15) is 0 Å². The van der Waals surface area contributed by atoms with E-state index in [0.29, 0.717) is 11.6 Å². The van der Waals surface area contributed by atoms with Crippen LogP contribution in [0.15, 0.2) is 12.4 Å². The molecule has 1 atom stereocenters. The van der Waals surface area contributed by atoms with Crippen molar-refractivity contribution < 1.29 is 4.74 Å². The molecule has 5 nitrogen and oxygen atoms in total. The van der Waals surface area contributed by atoms with E-state index in [1.54, 1.807) is 0 Å². The zero-order valence-electron chi connectivity index (χ0n) is 7.60. The summed E-state index contributed by atoms with van der Waals surface area (Å²) in [5.41, 5.74) is 0.446. The van der Waals surface area contributed by atoms with Crippen molar-refractivity contribution in [2.75, 3.05) is 13.1 Å². The molecular formula is C9H10N4O. The molecule has 1 aromatic heterocycles. The first-order chi connectivity index (χ1) is 6.88. The molecule has 2 heterocycles. The summed E-state index contributed by atoms with van der Waals surface area (Å²) in [6.07, 6.45) is 4.06. The molecule has 0 aliphatic carbocycles. The zero-order valence-corrected chi connectivity index (χ0v) is 7.60. The maximum absolute atomic E-state index is 8.53. The number of nitrogens with zero attached hydrogens (tertiary/aromatic N) is 3. The van der Waals surface area contributed by atoms with E-state index >= 15 is 0 Å². The Labute approximate surface area is 81.7 Å². The highest BCUT2D eigenvalue weighted by molar-refractivity contribution is 5.22. The highest BCUT2D eigenvalue weighted by Crippen LogP contribution is 2.08. The number of rotatable bonds is 2. The van der Waals surface area contributed by atoms with Crippen LogP contribution in [0.4, 0.5) is 0 Å². The van der Waals surface area contributed by atoms with Crippen LogP contribution in [-0.2, 0) is 0 Å². The molecule has 1 saturated heterocycles. The van der Waals surface area contributed by atoms with Gasteiger partial charge in [0.1, 0.15) is 12.2 Å². The summed E-state index contributed by atoms with van der Waals surface area (Å²) in [5.74, 6) is 0. The Bertz CT molecular complexity index is 337. The van der Waals surface area contributed by atoms with Gasteiger partial charge in [-0.1, -0.05) is 0 Å². The standard InChI is InChI=1S/C9H10N4O/c10-3-7-4-12-9(13-5-7)14-8-1-2-11-6-8/h4-5,8,11H,1-2,6H2/t8-/m1/s1. The predicted octanol–water partition coefficient (Wildman–Crippen LogP) is 0.0890. The minimum atomic E-state index is 0.155. The summed E-state index contributed by atoms with van der Waals surface area (Å²) < 4.78 is 5.48. The van der Waals surface area contributed by atoms with Crippen LogP contribution in [-0.4, -0.2) is 29.2 Å². The van der Waals surface area contributed by atoms with Gasteiger partial charge in [0.25, 0.3) is 0 Å². The third-order valence-electron chi connectivity index (χ3n) is 2.04. The van der Waals surface area contributed by atoms with Crippen LogP contribution < -0.4 is 10.1 Å². The minimum Gasteiger partial charge on any atom is -0.459 e. The molecule has 1 aliphatic heterocycles. The normalized spacial score (nSPS) is 20.4. The van der Waals surface area contributed by atoms with Gasteiger partial charge >= 0.3 is 6.01 Å². The van der Waals surface area contributed by atoms with Crippen LogP contribution in [0.2, 0.25) is 0 Å².